The van der Waals surface area contributed by atoms with Crippen LogP contribution >= 0.6 is 0 Å². The smallest absolute Gasteiger partial charge is 0.407 e. The Bertz CT molecular complexity index is 324. The second kappa shape index (κ2) is 8.26. The topological polar surface area (TPSA) is 38.3 Å². The molecule has 0 aromatic carbocycles. The van der Waals surface area contributed by atoms with E-state index in [0.717, 1.165) is 0 Å². The van der Waals surface area contributed by atoms with Crippen molar-refractivity contribution in [2.75, 3.05) is 6.54 Å². The van der Waals surface area contributed by atoms with Crippen molar-refractivity contribution >= 4 is 14.2 Å². The molecule has 0 saturated carbocycles. The van der Waals surface area contributed by atoms with Gasteiger partial charge in [-0.3, -0.25) is 0 Å². The van der Waals surface area contributed by atoms with Crippen LogP contribution < -0.4 is 5.32 Å². The quantitative estimate of drug-likeness (QED) is 0.471. The minimum atomic E-state index is -1.34. The highest BCUT2D eigenvalue weighted by atomic mass is 28.3. The third-order valence-corrected chi connectivity index (χ3v) is 8.07. The van der Waals surface area contributed by atoms with Gasteiger partial charge in [-0.1, -0.05) is 20.8 Å². The number of ether oxygens (including phenoxy) is 1. The lowest BCUT2D eigenvalue weighted by molar-refractivity contribution is 0.0529. The summed E-state index contributed by atoms with van der Waals surface area (Å²) < 4.78 is 5.16. The zero-order valence-electron chi connectivity index (χ0n) is 13.4. The van der Waals surface area contributed by atoms with Crippen molar-refractivity contribution in [3.8, 4) is 11.5 Å². The Hall–Kier alpha value is -0.953. The summed E-state index contributed by atoms with van der Waals surface area (Å²) in [4.78, 5) is 11.4. The molecule has 0 aliphatic carbocycles. The highest BCUT2D eigenvalue weighted by Gasteiger charge is 2.23. The molecule has 1 amide bonds. The van der Waals surface area contributed by atoms with E-state index in [2.05, 4.69) is 37.6 Å². The number of nitrogens with one attached hydrogen (secondary N) is 1. The van der Waals surface area contributed by atoms with Gasteiger partial charge in [-0.05, 0) is 38.9 Å². The van der Waals surface area contributed by atoms with Gasteiger partial charge < -0.3 is 10.1 Å². The Morgan fingerprint density at radius 1 is 1.16 bits per heavy atom. The van der Waals surface area contributed by atoms with Gasteiger partial charge in [0.25, 0.3) is 0 Å². The molecule has 19 heavy (non-hydrogen) atoms. The molecule has 110 valence electrons. The van der Waals surface area contributed by atoms with Crippen LogP contribution in [0.1, 0.15) is 48.0 Å². The van der Waals surface area contributed by atoms with Gasteiger partial charge in [0.05, 0.1) is 0 Å². The lowest BCUT2D eigenvalue weighted by atomic mass is 10.2. The van der Waals surface area contributed by atoms with E-state index in [-0.39, 0.29) is 6.09 Å². The fraction of sp³-hybridized carbons (Fsp3) is 0.800. The van der Waals surface area contributed by atoms with Crippen molar-refractivity contribution in [2.24, 2.45) is 0 Å². The summed E-state index contributed by atoms with van der Waals surface area (Å²) in [7, 11) is -1.34. The van der Waals surface area contributed by atoms with E-state index >= 15 is 0 Å². The van der Waals surface area contributed by atoms with Crippen molar-refractivity contribution in [3.05, 3.63) is 0 Å². The van der Waals surface area contributed by atoms with Gasteiger partial charge in [0.2, 0.25) is 0 Å². The van der Waals surface area contributed by atoms with Crippen molar-refractivity contribution in [1.29, 1.82) is 0 Å². The summed E-state index contributed by atoms with van der Waals surface area (Å²) in [5.74, 6) is 3.24. The monoisotopic (exact) mass is 283 g/mol. The molecule has 0 radical (unpaired) electrons. The SMILES string of the molecule is CC[Si](C#CCCNC(=O)OC(C)(C)C)(CC)CC. The maximum Gasteiger partial charge on any atom is 0.407 e. The molecule has 0 aliphatic heterocycles. The Kier molecular flexibility index (Phi) is 7.85. The first-order valence-corrected chi connectivity index (χ1v) is 9.87. The summed E-state index contributed by atoms with van der Waals surface area (Å²) in [5.41, 5.74) is 3.06. The van der Waals surface area contributed by atoms with Crippen LogP contribution in [0.3, 0.4) is 0 Å². The molecule has 0 fully saturated rings. The van der Waals surface area contributed by atoms with Gasteiger partial charge in [-0.15, -0.1) is 11.5 Å². The average molecular weight is 283 g/mol. The van der Waals surface area contributed by atoms with Crippen LogP contribution in [0.15, 0.2) is 0 Å². The summed E-state index contributed by atoms with van der Waals surface area (Å²) in [6.07, 6.45) is 0.341. The first-order valence-electron chi connectivity index (χ1n) is 7.25. The molecule has 4 heteroatoms. The molecular weight excluding hydrogens is 254 g/mol. The van der Waals surface area contributed by atoms with Crippen LogP contribution in [-0.4, -0.2) is 26.3 Å². The number of rotatable bonds is 5. The van der Waals surface area contributed by atoms with Crippen LogP contribution in [0.25, 0.3) is 0 Å². The average Bonchev–Trinajstić information content (AvgIpc) is 2.32. The molecule has 0 atom stereocenters. The van der Waals surface area contributed by atoms with Gasteiger partial charge in [0, 0.05) is 13.0 Å². The molecule has 0 rings (SSSR count). The molecule has 0 aliphatic rings. The van der Waals surface area contributed by atoms with E-state index in [1.807, 2.05) is 20.8 Å². The van der Waals surface area contributed by atoms with Crippen molar-refractivity contribution in [1.82, 2.24) is 5.32 Å². The molecule has 3 nitrogen and oxygen atoms in total. The molecular formula is C15H29NO2Si. The minimum absolute atomic E-state index is 0.362. The fourth-order valence-electron chi connectivity index (χ4n) is 1.81. The number of carbonyl (C=O) groups is 1. The van der Waals surface area contributed by atoms with Crippen molar-refractivity contribution < 1.29 is 9.53 Å². The second-order valence-corrected chi connectivity index (χ2v) is 10.8. The Balaban J connectivity index is 4.08. The summed E-state index contributed by atoms with van der Waals surface area (Å²) in [6.45, 7) is 12.9. The van der Waals surface area contributed by atoms with Crippen LogP contribution in [0.5, 0.6) is 0 Å². The van der Waals surface area contributed by atoms with Crippen LogP contribution in [0, 0.1) is 11.5 Å². The molecule has 0 heterocycles. The second-order valence-electron chi connectivity index (χ2n) is 5.82. The molecule has 0 aromatic rings. The standard InChI is InChI=1S/C15H29NO2Si/c1-7-19(8-2,9-3)13-11-10-12-16-14(17)18-15(4,5)6/h7-10,12H2,1-6H3,(H,16,17). The van der Waals surface area contributed by atoms with Crippen molar-refractivity contribution in [2.45, 2.75) is 71.7 Å². The predicted octanol–water partition coefficient (Wildman–Crippen LogP) is 3.95. The molecule has 1 N–H and O–H groups in total. The maximum atomic E-state index is 11.4. The lowest BCUT2D eigenvalue weighted by Gasteiger charge is -2.20. The summed E-state index contributed by atoms with van der Waals surface area (Å²) in [6, 6.07) is 3.64. The summed E-state index contributed by atoms with van der Waals surface area (Å²) in [5, 5.41) is 2.73. The molecule has 0 bridgehead atoms. The zero-order chi connectivity index (χ0) is 14.9. The molecule has 0 unspecified atom stereocenters. The largest absolute Gasteiger partial charge is 0.444 e. The van der Waals surface area contributed by atoms with Crippen LogP contribution in [0.2, 0.25) is 18.1 Å². The number of alkyl carbamates (subject to hydrolysis) is 1. The Morgan fingerprint density at radius 2 is 1.68 bits per heavy atom. The van der Waals surface area contributed by atoms with Crippen LogP contribution in [0.4, 0.5) is 4.79 Å². The van der Waals surface area contributed by atoms with Gasteiger partial charge in [-0.25, -0.2) is 4.79 Å². The maximum absolute atomic E-state index is 11.4. The third-order valence-electron chi connectivity index (χ3n) is 3.30. The number of hydrogen-bond acceptors (Lipinski definition) is 2. The molecule has 0 spiro atoms. The van der Waals surface area contributed by atoms with Crippen LogP contribution in [-0.2, 0) is 4.74 Å². The lowest BCUT2D eigenvalue weighted by Crippen LogP contribution is -2.33. The molecule has 0 saturated heterocycles. The van der Waals surface area contributed by atoms with E-state index in [4.69, 9.17) is 4.74 Å². The number of amides is 1. The minimum Gasteiger partial charge on any atom is -0.444 e. The summed E-state index contributed by atoms with van der Waals surface area (Å²) >= 11 is 0. The van der Waals surface area contributed by atoms with E-state index in [0.29, 0.717) is 13.0 Å². The van der Waals surface area contributed by atoms with E-state index in [1.54, 1.807) is 0 Å². The third kappa shape index (κ3) is 7.94. The fourth-order valence-corrected chi connectivity index (χ4v) is 4.34. The highest BCUT2D eigenvalue weighted by molar-refractivity contribution is 6.87. The van der Waals surface area contributed by atoms with Crippen molar-refractivity contribution in [3.63, 3.8) is 0 Å². The van der Waals surface area contributed by atoms with Gasteiger partial charge in [-0.2, -0.15) is 0 Å². The van der Waals surface area contributed by atoms with E-state index < -0.39 is 13.7 Å². The number of hydrogen-bond donors (Lipinski definition) is 1. The first kappa shape index (κ1) is 18.0. The highest BCUT2D eigenvalue weighted by Crippen LogP contribution is 2.18. The van der Waals surface area contributed by atoms with Gasteiger partial charge in [0.1, 0.15) is 13.7 Å². The van der Waals surface area contributed by atoms with E-state index in [1.165, 1.54) is 18.1 Å². The number of carbonyl (C=O) groups excluding carboxylic acids is 1. The zero-order valence-corrected chi connectivity index (χ0v) is 14.4. The van der Waals surface area contributed by atoms with Gasteiger partial charge in [0.15, 0.2) is 0 Å². The predicted molar refractivity (Wildman–Crippen MR) is 83.8 cm³/mol. The Labute approximate surface area is 119 Å². The molecule has 0 aromatic heterocycles. The first-order chi connectivity index (χ1) is 8.78. The van der Waals surface area contributed by atoms with Gasteiger partial charge >= 0.3 is 6.09 Å². The van der Waals surface area contributed by atoms with E-state index in [9.17, 15) is 4.79 Å². The normalized spacial score (nSPS) is 11.5. The Morgan fingerprint density at radius 3 is 2.11 bits per heavy atom.